The number of hydrogen-bond acceptors (Lipinski definition) is 3. The lowest BCUT2D eigenvalue weighted by Gasteiger charge is -2.06. The van der Waals surface area contributed by atoms with Crippen LogP contribution in [0.15, 0.2) is 65.4 Å². The predicted molar refractivity (Wildman–Crippen MR) is 115 cm³/mol. The molecule has 0 bridgehead atoms. The average Bonchev–Trinajstić information content (AvgIpc) is 3.38. The summed E-state index contributed by atoms with van der Waals surface area (Å²) in [5.41, 5.74) is 4.33. The molecule has 0 aliphatic heterocycles. The number of halogens is 4. The third-order valence-corrected chi connectivity index (χ3v) is 6.79. The van der Waals surface area contributed by atoms with E-state index in [-0.39, 0.29) is 0 Å². The molecule has 7 heteroatoms. The first-order valence-electron chi connectivity index (χ1n) is 8.78. The van der Waals surface area contributed by atoms with Crippen LogP contribution in [0.2, 0.25) is 0 Å². The third-order valence-electron chi connectivity index (χ3n) is 4.54. The van der Waals surface area contributed by atoms with Crippen molar-refractivity contribution in [2.45, 2.75) is 18.5 Å². The lowest BCUT2D eigenvalue weighted by atomic mass is 10.0. The first kappa shape index (κ1) is 20.1. The second-order valence-electron chi connectivity index (χ2n) is 6.48. The van der Waals surface area contributed by atoms with Crippen molar-refractivity contribution < 1.29 is 13.2 Å². The van der Waals surface area contributed by atoms with Crippen molar-refractivity contribution >= 4 is 34.3 Å². The van der Waals surface area contributed by atoms with Crippen LogP contribution in [0.25, 0.3) is 21.7 Å². The van der Waals surface area contributed by atoms with Gasteiger partial charge >= 0.3 is 6.18 Å². The monoisotopic (exact) mass is 449 g/mol. The molecule has 148 valence electrons. The van der Waals surface area contributed by atoms with Crippen molar-refractivity contribution in [2.75, 3.05) is 0 Å². The molecule has 0 fully saturated rings. The van der Waals surface area contributed by atoms with Crippen LogP contribution in [0.1, 0.15) is 21.7 Å². The number of benzene rings is 2. The summed E-state index contributed by atoms with van der Waals surface area (Å²) in [6.07, 6.45) is -3.72. The first-order chi connectivity index (χ1) is 13.9. The van der Waals surface area contributed by atoms with Gasteiger partial charge in [-0.2, -0.15) is 24.5 Å². The number of alkyl halides is 4. The summed E-state index contributed by atoms with van der Waals surface area (Å²) >= 11 is 9.19. The van der Waals surface area contributed by atoms with E-state index >= 15 is 0 Å². The molecule has 2 aromatic carbocycles. The van der Waals surface area contributed by atoms with E-state index in [1.165, 1.54) is 29.0 Å². The zero-order valence-corrected chi connectivity index (χ0v) is 17.4. The van der Waals surface area contributed by atoms with Crippen LogP contribution in [0.3, 0.4) is 0 Å². The minimum Gasteiger partial charge on any atom is -0.240 e. The Bertz CT molecular complexity index is 1080. The van der Waals surface area contributed by atoms with Crippen LogP contribution in [0.5, 0.6) is 0 Å². The molecule has 4 aromatic rings. The van der Waals surface area contributed by atoms with Crippen LogP contribution >= 0.6 is 34.3 Å². The topological polar surface area (TPSA) is 12.9 Å². The highest BCUT2D eigenvalue weighted by atomic mass is 35.5. The molecule has 2 aromatic heterocycles. The van der Waals surface area contributed by atoms with Crippen molar-refractivity contribution in [1.29, 1.82) is 0 Å². The molecule has 0 spiro atoms. The zero-order chi connectivity index (χ0) is 20.4. The second-order valence-corrected chi connectivity index (χ2v) is 8.61. The van der Waals surface area contributed by atoms with E-state index in [2.05, 4.69) is 40.7 Å². The minimum absolute atomic E-state index is 0.320. The number of nitrogens with zero attached hydrogens (tertiary/aromatic N) is 1. The van der Waals surface area contributed by atoms with E-state index < -0.39 is 11.7 Å². The molecular formula is C22H15ClF3NS2. The van der Waals surface area contributed by atoms with E-state index in [0.29, 0.717) is 22.9 Å². The SMILES string of the molecule is FC(F)(F)c1ccc(-c2nc(Cc3ccc(-c4ccsc4)cc3)c(CCl)s2)cc1. The molecular weight excluding hydrogens is 435 g/mol. The van der Waals surface area contributed by atoms with Gasteiger partial charge in [-0.1, -0.05) is 36.4 Å². The molecule has 0 unspecified atom stereocenters. The number of thiophene rings is 1. The molecule has 0 aliphatic rings. The highest BCUT2D eigenvalue weighted by molar-refractivity contribution is 7.15. The van der Waals surface area contributed by atoms with Crippen molar-refractivity contribution in [1.82, 2.24) is 4.98 Å². The molecule has 2 heterocycles. The highest BCUT2D eigenvalue weighted by Crippen LogP contribution is 2.34. The maximum Gasteiger partial charge on any atom is 0.416 e. The Kier molecular flexibility index (Phi) is 5.76. The molecule has 0 amide bonds. The first-order valence-corrected chi connectivity index (χ1v) is 11.1. The van der Waals surface area contributed by atoms with Gasteiger partial charge in [-0.05, 0) is 45.6 Å². The Morgan fingerprint density at radius 1 is 0.862 bits per heavy atom. The fourth-order valence-electron chi connectivity index (χ4n) is 2.99. The van der Waals surface area contributed by atoms with E-state index in [1.54, 1.807) is 11.3 Å². The third kappa shape index (κ3) is 4.55. The summed E-state index contributed by atoms with van der Waals surface area (Å²) in [5.74, 6) is 0.320. The largest absolute Gasteiger partial charge is 0.416 e. The Morgan fingerprint density at radius 3 is 2.14 bits per heavy atom. The van der Waals surface area contributed by atoms with E-state index in [4.69, 9.17) is 11.6 Å². The van der Waals surface area contributed by atoms with Crippen molar-refractivity contribution in [2.24, 2.45) is 0 Å². The Hall–Kier alpha value is -2.15. The van der Waals surface area contributed by atoms with E-state index in [0.717, 1.165) is 33.8 Å². The Morgan fingerprint density at radius 2 is 1.55 bits per heavy atom. The smallest absolute Gasteiger partial charge is 0.240 e. The van der Waals surface area contributed by atoms with Gasteiger partial charge in [0.15, 0.2) is 0 Å². The summed E-state index contributed by atoms with van der Waals surface area (Å²) < 4.78 is 38.3. The summed E-state index contributed by atoms with van der Waals surface area (Å²) in [6, 6.07) is 15.5. The van der Waals surface area contributed by atoms with Crippen molar-refractivity contribution in [3.05, 3.63) is 87.1 Å². The van der Waals surface area contributed by atoms with Gasteiger partial charge in [0.05, 0.1) is 17.1 Å². The Labute approximate surface area is 179 Å². The summed E-state index contributed by atoms with van der Waals surface area (Å²) in [4.78, 5) is 5.60. The average molecular weight is 450 g/mol. The summed E-state index contributed by atoms with van der Waals surface area (Å²) in [7, 11) is 0. The van der Waals surface area contributed by atoms with Gasteiger partial charge in [0, 0.05) is 16.9 Å². The van der Waals surface area contributed by atoms with E-state index in [9.17, 15) is 13.2 Å². The van der Waals surface area contributed by atoms with Crippen LogP contribution in [0, 0.1) is 0 Å². The van der Waals surface area contributed by atoms with Crippen LogP contribution in [-0.4, -0.2) is 4.98 Å². The normalized spacial score (nSPS) is 11.7. The number of thiazole rings is 1. The molecule has 0 radical (unpaired) electrons. The van der Waals surface area contributed by atoms with Gasteiger partial charge in [0.1, 0.15) is 5.01 Å². The Balaban J connectivity index is 1.56. The lowest BCUT2D eigenvalue weighted by molar-refractivity contribution is -0.137. The number of rotatable bonds is 5. The second kappa shape index (κ2) is 8.30. The predicted octanol–water partition coefficient (Wildman–Crippen LogP) is 7.89. The van der Waals surface area contributed by atoms with Crippen molar-refractivity contribution in [3.8, 4) is 21.7 Å². The van der Waals surface area contributed by atoms with Gasteiger partial charge in [0.2, 0.25) is 0 Å². The fraction of sp³-hybridized carbons (Fsp3) is 0.136. The fourth-order valence-corrected chi connectivity index (χ4v) is 4.90. The van der Waals surface area contributed by atoms with E-state index in [1.807, 2.05) is 5.38 Å². The standard InChI is InChI=1S/C22H15ClF3NS2/c23-12-20-19(11-14-1-3-15(4-2-14)17-9-10-28-13-17)27-21(29-20)16-5-7-18(8-6-16)22(24,25)26/h1-10,13H,11-12H2. The van der Waals surface area contributed by atoms with Crippen LogP contribution in [0.4, 0.5) is 13.2 Å². The zero-order valence-electron chi connectivity index (χ0n) is 15.0. The molecule has 29 heavy (non-hydrogen) atoms. The minimum atomic E-state index is -4.34. The van der Waals surface area contributed by atoms with Crippen LogP contribution in [-0.2, 0) is 18.5 Å². The van der Waals surface area contributed by atoms with Gasteiger partial charge in [-0.25, -0.2) is 4.98 Å². The maximum atomic E-state index is 12.8. The van der Waals surface area contributed by atoms with Gasteiger partial charge in [-0.15, -0.1) is 22.9 Å². The molecule has 0 saturated carbocycles. The lowest BCUT2D eigenvalue weighted by Crippen LogP contribution is -2.03. The maximum absolute atomic E-state index is 12.8. The molecule has 0 saturated heterocycles. The quantitative estimate of drug-likeness (QED) is 0.282. The molecule has 1 nitrogen and oxygen atoms in total. The molecule has 0 aliphatic carbocycles. The molecule has 0 N–H and O–H groups in total. The van der Waals surface area contributed by atoms with Gasteiger partial charge < -0.3 is 0 Å². The highest BCUT2D eigenvalue weighted by Gasteiger charge is 2.30. The van der Waals surface area contributed by atoms with Crippen LogP contribution < -0.4 is 0 Å². The number of hydrogen-bond donors (Lipinski definition) is 0. The number of aromatic nitrogens is 1. The van der Waals surface area contributed by atoms with Gasteiger partial charge in [-0.3, -0.25) is 0 Å². The summed E-state index contributed by atoms with van der Waals surface area (Å²) in [5, 5.41) is 4.84. The summed E-state index contributed by atoms with van der Waals surface area (Å²) in [6.45, 7) is 0. The van der Waals surface area contributed by atoms with Crippen molar-refractivity contribution in [3.63, 3.8) is 0 Å². The molecule has 4 rings (SSSR count). The van der Waals surface area contributed by atoms with Gasteiger partial charge in [0.25, 0.3) is 0 Å². The molecule has 0 atom stereocenters.